The first-order valence-electron chi connectivity index (χ1n) is 6.97. The molecule has 0 aromatic carbocycles. The van der Waals surface area contributed by atoms with E-state index in [-0.39, 0.29) is 17.9 Å². The number of nitrogens with zero attached hydrogens (tertiary/aromatic N) is 3. The number of nitrogens with one attached hydrogen (secondary N) is 1. The van der Waals surface area contributed by atoms with Crippen LogP contribution in [-0.4, -0.2) is 20.5 Å². The Balaban J connectivity index is 0.00000144. The maximum Gasteiger partial charge on any atom is 0.147 e. The van der Waals surface area contributed by atoms with Crippen LogP contribution in [0, 0.1) is 13.8 Å². The van der Waals surface area contributed by atoms with Crippen LogP contribution in [-0.2, 0) is 0 Å². The highest BCUT2D eigenvalue weighted by Gasteiger charge is 2.38. The molecule has 0 spiro atoms. The van der Waals surface area contributed by atoms with Crippen LogP contribution < -0.4 is 5.32 Å². The number of aromatic nitrogens is 3. The fourth-order valence-electron chi connectivity index (χ4n) is 2.58. The van der Waals surface area contributed by atoms with Crippen LogP contribution in [0.25, 0.3) is 20.4 Å². The Morgan fingerprint density at radius 3 is 2.68 bits per heavy atom. The summed E-state index contributed by atoms with van der Waals surface area (Å²) < 4.78 is 1.07. The quantitative estimate of drug-likeness (QED) is 0.711. The first kappa shape index (κ1) is 15.7. The molecule has 0 aliphatic heterocycles. The molecule has 3 aromatic rings. The van der Waals surface area contributed by atoms with Gasteiger partial charge in [0.2, 0.25) is 0 Å². The summed E-state index contributed by atoms with van der Waals surface area (Å²) >= 11 is 7.99. The highest BCUT2D eigenvalue weighted by molar-refractivity contribution is 7.26. The van der Waals surface area contributed by atoms with E-state index < -0.39 is 0 Å². The van der Waals surface area contributed by atoms with Crippen molar-refractivity contribution in [3.8, 4) is 0 Å². The van der Waals surface area contributed by atoms with Gasteiger partial charge in [-0.1, -0.05) is 11.6 Å². The van der Waals surface area contributed by atoms with Gasteiger partial charge in [-0.3, -0.25) is 0 Å². The molecule has 0 unspecified atom stereocenters. The van der Waals surface area contributed by atoms with Crippen molar-refractivity contribution in [3.05, 3.63) is 22.6 Å². The van der Waals surface area contributed by atoms with Crippen molar-refractivity contribution in [1.82, 2.24) is 15.0 Å². The number of anilines is 1. The van der Waals surface area contributed by atoms with Crippen LogP contribution >= 0.6 is 35.3 Å². The van der Waals surface area contributed by atoms with Gasteiger partial charge >= 0.3 is 0 Å². The van der Waals surface area contributed by atoms with Crippen molar-refractivity contribution >= 4 is 61.6 Å². The van der Waals surface area contributed by atoms with Crippen LogP contribution in [0.3, 0.4) is 0 Å². The van der Waals surface area contributed by atoms with Gasteiger partial charge < -0.3 is 5.32 Å². The first-order chi connectivity index (χ1) is 9.98. The Morgan fingerprint density at radius 1 is 1.27 bits per heavy atom. The summed E-state index contributed by atoms with van der Waals surface area (Å²) in [6, 6.07) is 0. The van der Waals surface area contributed by atoms with Crippen molar-refractivity contribution in [2.24, 2.45) is 0 Å². The van der Waals surface area contributed by atoms with Gasteiger partial charge in [-0.15, -0.1) is 23.7 Å². The highest BCUT2D eigenvalue weighted by atomic mass is 35.5. The van der Waals surface area contributed by atoms with Gasteiger partial charge in [0.25, 0.3) is 0 Å². The summed E-state index contributed by atoms with van der Waals surface area (Å²) in [6.45, 7) is 6.19. The SMILES string of the molecule is Cc1nc2sc3c(NC4(C)CC4)ncnc3c2c(C)c1Cl.Cl. The van der Waals surface area contributed by atoms with Crippen molar-refractivity contribution in [2.45, 2.75) is 39.2 Å². The van der Waals surface area contributed by atoms with E-state index in [0.29, 0.717) is 0 Å². The zero-order valence-corrected chi connectivity index (χ0v) is 14.9. The largest absolute Gasteiger partial charge is 0.364 e. The monoisotopic (exact) mass is 354 g/mol. The summed E-state index contributed by atoms with van der Waals surface area (Å²) in [7, 11) is 0. The fraction of sp³-hybridized carbons (Fsp3) is 0.400. The lowest BCUT2D eigenvalue weighted by Gasteiger charge is -2.12. The number of halogens is 2. The third-order valence-corrected chi connectivity index (χ3v) is 5.80. The number of hydrogen-bond acceptors (Lipinski definition) is 5. The molecule has 1 N–H and O–H groups in total. The molecule has 4 nitrogen and oxygen atoms in total. The van der Waals surface area contributed by atoms with Gasteiger partial charge in [-0.2, -0.15) is 0 Å². The molecule has 1 aliphatic rings. The predicted molar refractivity (Wildman–Crippen MR) is 95.7 cm³/mol. The van der Waals surface area contributed by atoms with Crippen LogP contribution in [0.4, 0.5) is 5.82 Å². The van der Waals surface area contributed by atoms with Gasteiger partial charge in [-0.05, 0) is 39.2 Å². The molecule has 3 aromatic heterocycles. The zero-order chi connectivity index (χ0) is 14.8. The van der Waals surface area contributed by atoms with Crippen LogP contribution in [0.15, 0.2) is 6.33 Å². The van der Waals surface area contributed by atoms with Gasteiger partial charge in [0.15, 0.2) is 0 Å². The summed E-state index contributed by atoms with van der Waals surface area (Å²) in [5, 5.41) is 5.32. The van der Waals surface area contributed by atoms with E-state index >= 15 is 0 Å². The van der Waals surface area contributed by atoms with Crippen LogP contribution in [0.5, 0.6) is 0 Å². The number of rotatable bonds is 2. The Kier molecular flexibility index (Phi) is 3.70. The summed E-state index contributed by atoms with van der Waals surface area (Å²) in [6.07, 6.45) is 3.99. The normalized spacial score (nSPS) is 15.8. The maximum absolute atomic E-state index is 6.35. The lowest BCUT2D eigenvalue weighted by Crippen LogP contribution is -2.16. The minimum absolute atomic E-state index is 0. The molecule has 1 aliphatic carbocycles. The fourth-order valence-corrected chi connectivity index (χ4v) is 3.90. The Hall–Kier alpha value is -1.17. The van der Waals surface area contributed by atoms with E-state index in [9.17, 15) is 0 Å². The number of hydrogen-bond donors (Lipinski definition) is 1. The average Bonchev–Trinajstić information content (AvgIpc) is 3.04. The molecule has 0 amide bonds. The molecule has 22 heavy (non-hydrogen) atoms. The molecule has 1 saturated carbocycles. The van der Waals surface area contributed by atoms with E-state index in [4.69, 9.17) is 11.6 Å². The van der Waals surface area contributed by atoms with E-state index in [1.54, 1.807) is 17.7 Å². The van der Waals surface area contributed by atoms with Gasteiger partial charge in [-0.25, -0.2) is 15.0 Å². The van der Waals surface area contributed by atoms with E-state index in [1.807, 2.05) is 13.8 Å². The van der Waals surface area contributed by atoms with Gasteiger partial charge in [0.05, 0.1) is 20.9 Å². The standard InChI is InChI=1S/C15H15ClN4S.ClH/c1-7-9-11-12(21-14(9)19-8(2)10(7)16)13(18-6-17-11)20-15(3)4-5-15;/h6H,4-5H2,1-3H3,(H,17,18,20);1H. The van der Waals surface area contributed by atoms with E-state index in [0.717, 1.165) is 42.5 Å². The van der Waals surface area contributed by atoms with Crippen molar-refractivity contribution in [3.63, 3.8) is 0 Å². The summed E-state index contributed by atoms with van der Waals surface area (Å²) in [4.78, 5) is 14.5. The third-order valence-electron chi connectivity index (χ3n) is 4.16. The molecule has 116 valence electrons. The van der Waals surface area contributed by atoms with Crippen LogP contribution in [0.2, 0.25) is 5.02 Å². The maximum atomic E-state index is 6.35. The van der Waals surface area contributed by atoms with E-state index in [1.165, 1.54) is 12.8 Å². The van der Waals surface area contributed by atoms with Crippen LogP contribution in [0.1, 0.15) is 31.0 Å². The van der Waals surface area contributed by atoms with Crippen molar-refractivity contribution in [2.75, 3.05) is 5.32 Å². The summed E-state index contributed by atoms with van der Waals surface area (Å²) in [5.74, 6) is 0.913. The first-order valence-corrected chi connectivity index (χ1v) is 8.16. The van der Waals surface area contributed by atoms with Crippen molar-refractivity contribution in [1.29, 1.82) is 0 Å². The van der Waals surface area contributed by atoms with E-state index in [2.05, 4.69) is 27.2 Å². The molecule has 0 radical (unpaired) electrons. The third kappa shape index (κ3) is 2.32. The second-order valence-corrected chi connectivity index (χ2v) is 7.38. The molecule has 3 heterocycles. The molecular formula is C15H16Cl2N4S. The number of aryl methyl sites for hydroxylation is 2. The lowest BCUT2D eigenvalue weighted by atomic mass is 10.1. The molecular weight excluding hydrogens is 339 g/mol. The number of fused-ring (bicyclic) bond motifs is 3. The minimum Gasteiger partial charge on any atom is -0.364 e. The lowest BCUT2D eigenvalue weighted by molar-refractivity contribution is 0.823. The second-order valence-electron chi connectivity index (χ2n) is 6.00. The Bertz CT molecular complexity index is 886. The Morgan fingerprint density at radius 2 is 2.00 bits per heavy atom. The second kappa shape index (κ2) is 5.18. The molecule has 0 atom stereocenters. The number of pyridine rings is 1. The zero-order valence-electron chi connectivity index (χ0n) is 12.5. The molecule has 0 bridgehead atoms. The summed E-state index contributed by atoms with van der Waals surface area (Å²) in [5.41, 5.74) is 3.05. The molecule has 7 heteroatoms. The average molecular weight is 355 g/mol. The Labute approximate surface area is 143 Å². The minimum atomic E-state index is 0. The molecule has 1 fully saturated rings. The molecule has 0 saturated heterocycles. The van der Waals surface area contributed by atoms with Crippen molar-refractivity contribution < 1.29 is 0 Å². The van der Waals surface area contributed by atoms with Gasteiger partial charge in [0, 0.05) is 10.9 Å². The molecule has 4 rings (SSSR count). The predicted octanol–water partition coefficient (Wildman–Crippen LogP) is 4.90. The topological polar surface area (TPSA) is 50.7 Å². The smallest absolute Gasteiger partial charge is 0.147 e. The number of thiophene rings is 1. The highest BCUT2D eigenvalue weighted by Crippen LogP contribution is 2.43. The van der Waals surface area contributed by atoms with Gasteiger partial charge in [0.1, 0.15) is 17.0 Å².